The van der Waals surface area contributed by atoms with E-state index in [0.29, 0.717) is 29.9 Å². The Morgan fingerprint density at radius 2 is 1.97 bits per heavy atom. The molecule has 1 aromatic heterocycles. The van der Waals surface area contributed by atoms with Crippen LogP contribution >= 0.6 is 0 Å². The third-order valence-electron chi connectivity index (χ3n) is 4.75. The largest absolute Gasteiger partial charge is 0.432 e. The Morgan fingerprint density at radius 1 is 1.23 bits per heavy atom. The standard InChI is InChI=1S/C22H25F4N3O2/c1-22(2,3)11-19(30)28-20-15(24)10-17-16(27-20)5-4-8-29(17)12-13-6-7-18(14(23)9-13)31-21(25)26/h6-7,9-10,21H,4-5,8,11-12H2,1-3H3,(H,27,28,30). The number of nitrogens with zero attached hydrogens (tertiary/aromatic N) is 2. The van der Waals surface area contributed by atoms with Crippen LogP contribution in [-0.4, -0.2) is 24.0 Å². The normalized spacial score (nSPS) is 13.9. The summed E-state index contributed by atoms with van der Waals surface area (Å²) in [5.74, 6) is -2.49. The number of amides is 1. The highest BCUT2D eigenvalue weighted by molar-refractivity contribution is 5.90. The van der Waals surface area contributed by atoms with Gasteiger partial charge in [-0.1, -0.05) is 26.8 Å². The second-order valence-electron chi connectivity index (χ2n) is 8.74. The number of fused-ring (bicyclic) bond motifs is 1. The van der Waals surface area contributed by atoms with E-state index in [4.69, 9.17) is 0 Å². The maximum absolute atomic E-state index is 14.7. The van der Waals surface area contributed by atoms with Gasteiger partial charge in [0.1, 0.15) is 0 Å². The number of carbonyl (C=O) groups is 1. The van der Waals surface area contributed by atoms with Crippen LogP contribution in [0.3, 0.4) is 0 Å². The van der Waals surface area contributed by atoms with E-state index in [1.54, 1.807) is 0 Å². The number of pyridine rings is 1. The highest BCUT2D eigenvalue weighted by atomic mass is 19.3. The van der Waals surface area contributed by atoms with E-state index < -0.39 is 24.0 Å². The number of halogens is 4. The molecule has 3 rings (SSSR count). The van der Waals surface area contributed by atoms with Crippen LogP contribution in [0.5, 0.6) is 5.75 Å². The number of aromatic nitrogens is 1. The molecular weight excluding hydrogens is 414 g/mol. The first-order valence-corrected chi connectivity index (χ1v) is 9.99. The zero-order chi connectivity index (χ0) is 22.8. The fourth-order valence-corrected chi connectivity index (χ4v) is 3.50. The molecule has 1 N–H and O–H groups in total. The Hall–Kier alpha value is -2.84. The van der Waals surface area contributed by atoms with Crippen molar-refractivity contribution in [1.82, 2.24) is 4.98 Å². The molecule has 0 saturated carbocycles. The Labute approximate surface area is 178 Å². The molecule has 31 heavy (non-hydrogen) atoms. The van der Waals surface area contributed by atoms with E-state index in [-0.39, 0.29) is 30.1 Å². The van der Waals surface area contributed by atoms with Crippen LogP contribution < -0.4 is 15.0 Å². The molecular formula is C22H25F4N3O2. The zero-order valence-corrected chi connectivity index (χ0v) is 17.6. The Morgan fingerprint density at radius 3 is 2.61 bits per heavy atom. The molecule has 1 aliphatic rings. The van der Waals surface area contributed by atoms with Crippen LogP contribution in [0, 0.1) is 17.0 Å². The number of anilines is 2. The van der Waals surface area contributed by atoms with E-state index in [0.717, 1.165) is 18.6 Å². The van der Waals surface area contributed by atoms with Gasteiger partial charge in [-0.3, -0.25) is 4.79 Å². The molecule has 2 heterocycles. The van der Waals surface area contributed by atoms with Gasteiger partial charge in [0, 0.05) is 25.6 Å². The van der Waals surface area contributed by atoms with Crippen molar-refractivity contribution in [3.63, 3.8) is 0 Å². The summed E-state index contributed by atoms with van der Waals surface area (Å²) in [5.41, 5.74) is 1.48. The summed E-state index contributed by atoms with van der Waals surface area (Å²) >= 11 is 0. The second-order valence-corrected chi connectivity index (χ2v) is 8.74. The third-order valence-corrected chi connectivity index (χ3v) is 4.75. The first-order chi connectivity index (χ1) is 14.5. The highest BCUT2D eigenvalue weighted by Crippen LogP contribution is 2.31. The maximum atomic E-state index is 14.7. The van der Waals surface area contributed by atoms with Crippen molar-refractivity contribution in [3.05, 3.63) is 47.2 Å². The number of alkyl halides is 2. The molecule has 0 unspecified atom stereocenters. The van der Waals surface area contributed by atoms with Gasteiger partial charge in [-0.15, -0.1) is 0 Å². The summed E-state index contributed by atoms with van der Waals surface area (Å²) in [4.78, 5) is 18.3. The van der Waals surface area contributed by atoms with Crippen molar-refractivity contribution in [2.75, 3.05) is 16.8 Å². The van der Waals surface area contributed by atoms with Crippen LogP contribution in [-0.2, 0) is 17.8 Å². The number of rotatable bonds is 6. The van der Waals surface area contributed by atoms with Gasteiger partial charge in [0.05, 0.1) is 11.4 Å². The van der Waals surface area contributed by atoms with Crippen molar-refractivity contribution in [2.24, 2.45) is 5.41 Å². The molecule has 1 amide bonds. The number of nitrogens with one attached hydrogen (secondary N) is 1. The molecule has 5 nitrogen and oxygen atoms in total. The third kappa shape index (κ3) is 6.08. The average molecular weight is 439 g/mol. The fraction of sp³-hybridized carbons (Fsp3) is 0.455. The first kappa shape index (κ1) is 22.8. The van der Waals surface area contributed by atoms with Gasteiger partial charge in [0.2, 0.25) is 5.91 Å². The van der Waals surface area contributed by atoms with Gasteiger partial charge in [-0.2, -0.15) is 8.78 Å². The molecule has 2 aromatic rings. The summed E-state index contributed by atoms with van der Waals surface area (Å²) in [6.45, 7) is 3.47. The number of hydrogen-bond donors (Lipinski definition) is 1. The molecule has 0 bridgehead atoms. The minimum atomic E-state index is -3.11. The zero-order valence-electron chi connectivity index (χ0n) is 17.6. The van der Waals surface area contributed by atoms with Crippen LogP contribution in [0.2, 0.25) is 0 Å². The second kappa shape index (κ2) is 9.11. The van der Waals surface area contributed by atoms with E-state index >= 15 is 0 Å². The highest BCUT2D eigenvalue weighted by Gasteiger charge is 2.23. The number of aryl methyl sites for hydroxylation is 1. The Bertz CT molecular complexity index is 961. The van der Waals surface area contributed by atoms with E-state index in [2.05, 4.69) is 15.0 Å². The quantitative estimate of drug-likeness (QED) is 0.622. The van der Waals surface area contributed by atoms with E-state index in [1.807, 2.05) is 25.7 Å². The van der Waals surface area contributed by atoms with Crippen LogP contribution in [0.25, 0.3) is 0 Å². The average Bonchev–Trinajstić information content (AvgIpc) is 2.63. The minimum absolute atomic E-state index is 0.102. The summed E-state index contributed by atoms with van der Waals surface area (Å²) in [5, 5.41) is 2.54. The molecule has 0 radical (unpaired) electrons. The van der Waals surface area contributed by atoms with Crippen molar-refractivity contribution < 1.29 is 27.1 Å². The number of benzene rings is 1. The van der Waals surface area contributed by atoms with Crippen molar-refractivity contribution in [3.8, 4) is 5.75 Å². The summed E-state index contributed by atoms with van der Waals surface area (Å²) in [7, 11) is 0. The smallest absolute Gasteiger partial charge is 0.387 e. The molecule has 9 heteroatoms. The predicted molar refractivity (Wildman–Crippen MR) is 109 cm³/mol. The molecule has 0 atom stereocenters. The van der Waals surface area contributed by atoms with Crippen molar-refractivity contribution >= 4 is 17.4 Å². The molecule has 1 aliphatic heterocycles. The topological polar surface area (TPSA) is 54.5 Å². The number of ether oxygens (including phenoxy) is 1. The lowest BCUT2D eigenvalue weighted by atomic mass is 9.92. The van der Waals surface area contributed by atoms with Gasteiger partial charge in [0.15, 0.2) is 23.2 Å². The summed E-state index contributed by atoms with van der Waals surface area (Å²) in [6.07, 6.45) is 1.59. The first-order valence-electron chi connectivity index (χ1n) is 9.99. The van der Waals surface area contributed by atoms with Crippen LogP contribution in [0.4, 0.5) is 29.1 Å². The summed E-state index contributed by atoms with van der Waals surface area (Å²) < 4.78 is 57.4. The van der Waals surface area contributed by atoms with Crippen LogP contribution in [0.15, 0.2) is 24.3 Å². The predicted octanol–water partition coefficient (Wildman–Crippen LogP) is 5.29. The molecule has 0 aliphatic carbocycles. The molecule has 0 saturated heterocycles. The number of hydrogen-bond acceptors (Lipinski definition) is 4. The van der Waals surface area contributed by atoms with E-state index in [9.17, 15) is 22.4 Å². The Balaban J connectivity index is 1.78. The molecule has 0 spiro atoms. The summed E-state index contributed by atoms with van der Waals surface area (Å²) in [6, 6.07) is 5.07. The lowest BCUT2D eigenvalue weighted by Gasteiger charge is -2.31. The van der Waals surface area contributed by atoms with Gasteiger partial charge >= 0.3 is 6.61 Å². The van der Waals surface area contributed by atoms with Crippen molar-refractivity contribution in [1.29, 1.82) is 0 Å². The lowest BCUT2D eigenvalue weighted by Crippen LogP contribution is -2.30. The van der Waals surface area contributed by atoms with Gasteiger partial charge in [0.25, 0.3) is 0 Å². The molecule has 168 valence electrons. The number of carbonyl (C=O) groups excluding carboxylic acids is 1. The van der Waals surface area contributed by atoms with Crippen molar-refractivity contribution in [2.45, 2.75) is 53.2 Å². The van der Waals surface area contributed by atoms with E-state index in [1.165, 1.54) is 12.1 Å². The monoisotopic (exact) mass is 439 g/mol. The van der Waals surface area contributed by atoms with Gasteiger partial charge in [-0.25, -0.2) is 13.8 Å². The maximum Gasteiger partial charge on any atom is 0.387 e. The van der Waals surface area contributed by atoms with Gasteiger partial charge < -0.3 is 15.0 Å². The molecule has 1 aromatic carbocycles. The SMILES string of the molecule is CC(C)(C)CC(=O)Nc1nc2c(cc1F)N(Cc1ccc(OC(F)F)c(F)c1)CCC2. The fourth-order valence-electron chi connectivity index (χ4n) is 3.50. The molecule has 0 fully saturated rings. The lowest BCUT2D eigenvalue weighted by molar-refractivity contribution is -0.117. The van der Waals surface area contributed by atoms with Crippen LogP contribution in [0.1, 0.15) is 44.9 Å². The Kier molecular flexibility index (Phi) is 6.71. The minimum Gasteiger partial charge on any atom is -0.432 e. The van der Waals surface area contributed by atoms with Gasteiger partial charge in [-0.05, 0) is 36.0 Å².